The van der Waals surface area contributed by atoms with Crippen LogP contribution in [0.4, 0.5) is 5.69 Å². The standard InChI is InChI=1S/C13H14N2O7S/c16-12(14-9-5-6-23(20,21)8-9)7-22-13(17)10-3-1-2-4-11(10)15(18)19/h1-4,9H,5-8H2,(H,14,16)/t9-/m1/s1. The topological polar surface area (TPSA) is 133 Å². The van der Waals surface area contributed by atoms with Gasteiger partial charge in [0.15, 0.2) is 16.4 Å². The van der Waals surface area contributed by atoms with Crippen LogP contribution in [0.3, 0.4) is 0 Å². The second kappa shape index (κ2) is 6.73. The number of nitro benzene ring substituents is 1. The number of benzene rings is 1. The van der Waals surface area contributed by atoms with E-state index in [4.69, 9.17) is 4.74 Å². The Kier molecular flexibility index (Phi) is 4.94. The lowest BCUT2D eigenvalue weighted by atomic mass is 10.2. The average molecular weight is 342 g/mol. The lowest BCUT2D eigenvalue weighted by molar-refractivity contribution is -0.385. The van der Waals surface area contributed by atoms with Crippen molar-refractivity contribution in [3.05, 3.63) is 39.9 Å². The van der Waals surface area contributed by atoms with Gasteiger partial charge in [0.25, 0.3) is 11.6 Å². The minimum Gasteiger partial charge on any atom is -0.452 e. The molecule has 0 aliphatic carbocycles. The van der Waals surface area contributed by atoms with Crippen LogP contribution in [0.25, 0.3) is 0 Å². The van der Waals surface area contributed by atoms with E-state index in [1.54, 1.807) is 0 Å². The summed E-state index contributed by atoms with van der Waals surface area (Å²) in [5.74, 6) is -1.78. The summed E-state index contributed by atoms with van der Waals surface area (Å²) in [7, 11) is -3.13. The second-order valence-electron chi connectivity index (χ2n) is 5.02. The number of rotatable bonds is 5. The lowest BCUT2D eigenvalue weighted by Crippen LogP contribution is -2.38. The predicted octanol–water partition coefficient (Wildman–Crippen LogP) is 0.0549. The number of para-hydroxylation sites is 1. The highest BCUT2D eigenvalue weighted by Gasteiger charge is 2.29. The van der Waals surface area contributed by atoms with Gasteiger partial charge in [0.05, 0.1) is 16.4 Å². The maximum Gasteiger partial charge on any atom is 0.345 e. The molecule has 10 heteroatoms. The minimum absolute atomic E-state index is 0.00788. The largest absolute Gasteiger partial charge is 0.452 e. The first kappa shape index (κ1) is 16.9. The van der Waals surface area contributed by atoms with Crippen LogP contribution in [0.5, 0.6) is 0 Å². The summed E-state index contributed by atoms with van der Waals surface area (Å²) in [6.45, 7) is -0.637. The number of hydrogen-bond donors (Lipinski definition) is 1. The lowest BCUT2D eigenvalue weighted by Gasteiger charge is -2.11. The molecule has 1 aromatic carbocycles. The number of sulfone groups is 1. The van der Waals surface area contributed by atoms with Crippen molar-refractivity contribution in [2.75, 3.05) is 18.1 Å². The van der Waals surface area contributed by atoms with Crippen LogP contribution >= 0.6 is 0 Å². The highest BCUT2D eigenvalue weighted by molar-refractivity contribution is 7.91. The van der Waals surface area contributed by atoms with Crippen molar-refractivity contribution in [3.63, 3.8) is 0 Å². The van der Waals surface area contributed by atoms with Crippen molar-refractivity contribution in [2.24, 2.45) is 0 Å². The third kappa shape index (κ3) is 4.49. The number of carbonyl (C=O) groups excluding carboxylic acids is 2. The Balaban J connectivity index is 1.90. The van der Waals surface area contributed by atoms with E-state index in [0.29, 0.717) is 6.42 Å². The fraction of sp³-hybridized carbons (Fsp3) is 0.385. The zero-order valence-electron chi connectivity index (χ0n) is 11.9. The Hall–Kier alpha value is -2.49. The van der Waals surface area contributed by atoms with Gasteiger partial charge in [-0.25, -0.2) is 13.2 Å². The second-order valence-corrected chi connectivity index (χ2v) is 7.25. The summed E-state index contributed by atoms with van der Waals surface area (Å²) in [6.07, 6.45) is 0.312. The van der Waals surface area contributed by atoms with E-state index in [1.807, 2.05) is 0 Å². The summed E-state index contributed by atoms with van der Waals surface area (Å²) >= 11 is 0. The molecule has 1 N–H and O–H groups in total. The summed E-state index contributed by atoms with van der Waals surface area (Å²) in [5.41, 5.74) is -0.673. The highest BCUT2D eigenvalue weighted by Crippen LogP contribution is 2.18. The molecular weight excluding hydrogens is 328 g/mol. The molecule has 0 aromatic heterocycles. The van der Waals surface area contributed by atoms with Gasteiger partial charge in [-0.15, -0.1) is 0 Å². The zero-order chi connectivity index (χ0) is 17.0. The fourth-order valence-corrected chi connectivity index (χ4v) is 3.87. The monoisotopic (exact) mass is 342 g/mol. The van der Waals surface area contributed by atoms with Crippen LogP contribution in [0.2, 0.25) is 0 Å². The van der Waals surface area contributed by atoms with Gasteiger partial charge in [0, 0.05) is 12.1 Å². The van der Waals surface area contributed by atoms with Crippen LogP contribution in [0.1, 0.15) is 16.8 Å². The smallest absolute Gasteiger partial charge is 0.345 e. The zero-order valence-corrected chi connectivity index (χ0v) is 12.7. The molecule has 1 atom stereocenters. The van der Waals surface area contributed by atoms with E-state index in [2.05, 4.69) is 5.32 Å². The predicted molar refractivity (Wildman–Crippen MR) is 78.6 cm³/mol. The Bertz CT molecular complexity index is 744. The number of nitro groups is 1. The van der Waals surface area contributed by atoms with Crippen molar-refractivity contribution in [1.82, 2.24) is 5.32 Å². The number of ether oxygens (including phenoxy) is 1. The number of esters is 1. The Morgan fingerprint density at radius 3 is 2.65 bits per heavy atom. The maximum atomic E-state index is 11.8. The average Bonchev–Trinajstić information content (AvgIpc) is 2.83. The number of amides is 1. The summed E-state index contributed by atoms with van der Waals surface area (Å²) in [4.78, 5) is 33.6. The molecule has 1 aliphatic rings. The third-order valence-electron chi connectivity index (χ3n) is 3.25. The SMILES string of the molecule is O=C(COC(=O)c1ccccc1[N+](=O)[O-])N[C@@H]1CCS(=O)(=O)C1. The van der Waals surface area contributed by atoms with Gasteiger partial charge in [-0.1, -0.05) is 12.1 Å². The van der Waals surface area contributed by atoms with E-state index >= 15 is 0 Å². The quantitative estimate of drug-likeness (QED) is 0.454. The first-order valence-corrected chi connectivity index (χ1v) is 8.51. The highest BCUT2D eigenvalue weighted by atomic mass is 32.2. The molecule has 1 aromatic rings. The molecule has 124 valence electrons. The van der Waals surface area contributed by atoms with Gasteiger partial charge >= 0.3 is 5.97 Å². The molecule has 0 spiro atoms. The molecule has 0 bridgehead atoms. The van der Waals surface area contributed by atoms with E-state index in [-0.39, 0.29) is 17.1 Å². The molecule has 1 heterocycles. The molecule has 0 saturated carbocycles. The molecule has 9 nitrogen and oxygen atoms in total. The molecule has 1 aliphatic heterocycles. The first-order chi connectivity index (χ1) is 10.8. The van der Waals surface area contributed by atoms with Gasteiger partial charge in [-0.05, 0) is 12.5 Å². The van der Waals surface area contributed by atoms with Crippen molar-refractivity contribution < 1.29 is 27.7 Å². The number of carbonyl (C=O) groups is 2. The third-order valence-corrected chi connectivity index (χ3v) is 5.02. The molecular formula is C13H14N2O7S. The van der Waals surface area contributed by atoms with Gasteiger partial charge in [-0.3, -0.25) is 14.9 Å². The number of nitrogens with zero attached hydrogens (tertiary/aromatic N) is 1. The fourth-order valence-electron chi connectivity index (χ4n) is 2.19. The van der Waals surface area contributed by atoms with E-state index in [0.717, 1.165) is 6.07 Å². The van der Waals surface area contributed by atoms with Crippen LogP contribution in [0.15, 0.2) is 24.3 Å². The van der Waals surface area contributed by atoms with Crippen LogP contribution < -0.4 is 5.32 Å². The van der Waals surface area contributed by atoms with E-state index < -0.39 is 45.0 Å². The molecule has 1 amide bonds. The summed E-state index contributed by atoms with van der Waals surface area (Å²) < 4.78 is 27.3. The molecule has 23 heavy (non-hydrogen) atoms. The normalized spacial score (nSPS) is 19.0. The molecule has 1 saturated heterocycles. The van der Waals surface area contributed by atoms with Gasteiger partial charge in [0.2, 0.25) is 0 Å². The van der Waals surface area contributed by atoms with Crippen LogP contribution in [-0.4, -0.2) is 49.4 Å². The number of nitrogens with one attached hydrogen (secondary N) is 1. The van der Waals surface area contributed by atoms with Crippen LogP contribution in [0, 0.1) is 10.1 Å². The van der Waals surface area contributed by atoms with Gasteiger partial charge in [0.1, 0.15) is 5.56 Å². The van der Waals surface area contributed by atoms with Gasteiger partial charge < -0.3 is 10.1 Å². The van der Waals surface area contributed by atoms with E-state index in [9.17, 15) is 28.1 Å². The van der Waals surface area contributed by atoms with Crippen molar-refractivity contribution in [1.29, 1.82) is 0 Å². The summed E-state index contributed by atoms with van der Waals surface area (Å²) in [5, 5.41) is 13.3. The Labute approximate surface area is 131 Å². The van der Waals surface area contributed by atoms with Crippen molar-refractivity contribution in [3.8, 4) is 0 Å². The van der Waals surface area contributed by atoms with Gasteiger partial charge in [-0.2, -0.15) is 0 Å². The number of hydrogen-bond acceptors (Lipinski definition) is 7. The van der Waals surface area contributed by atoms with E-state index in [1.165, 1.54) is 18.2 Å². The van der Waals surface area contributed by atoms with Crippen molar-refractivity contribution >= 4 is 27.4 Å². The Morgan fingerprint density at radius 1 is 1.35 bits per heavy atom. The molecule has 0 radical (unpaired) electrons. The molecule has 1 fully saturated rings. The van der Waals surface area contributed by atoms with Crippen LogP contribution in [-0.2, 0) is 19.4 Å². The van der Waals surface area contributed by atoms with Crippen molar-refractivity contribution in [2.45, 2.75) is 12.5 Å². The first-order valence-electron chi connectivity index (χ1n) is 6.69. The molecule has 2 rings (SSSR count). The summed E-state index contributed by atoms with van der Waals surface area (Å²) in [6, 6.07) is 4.72. The molecule has 0 unspecified atom stereocenters. The minimum atomic E-state index is -3.13. The Morgan fingerprint density at radius 2 is 2.04 bits per heavy atom. The maximum absolute atomic E-state index is 11.8.